The van der Waals surface area contributed by atoms with Crippen molar-refractivity contribution in [2.24, 2.45) is 5.84 Å². The number of hydrogen-bond acceptors (Lipinski definition) is 12. The van der Waals surface area contributed by atoms with Crippen molar-refractivity contribution in [3.05, 3.63) is 162 Å². The Labute approximate surface area is 431 Å². The Hall–Kier alpha value is -7.20. The lowest BCUT2D eigenvalue weighted by Crippen LogP contribution is -2.56. The van der Waals surface area contributed by atoms with Gasteiger partial charge in [-0.3, -0.25) is 30.7 Å². The molecule has 1 aromatic heterocycles. The number of halogens is 4. The number of hydrazine groups is 2. The minimum Gasteiger partial charge on any atom is -0.480 e. The standard InChI is InChI=1S/C20H20Cl2N4O3.C13H15ClN2O3.C7H7ClN2O.C6H5N3O.2CH4/c1-11-14(9-10-15(23-4)16(11)22)24-17(20(2,3)29)19(28)26-25-18(27)12-5-7-13(21)8-6-12;1-7-8(5-6-9(15-4)10(7)14)16-11(12(17)18)13(2,3)19;8-6-3-1-5(2-4-6)7(11)10-9;10-9-6-4-2-1-3-5(6)7-8-9;;/h5-10,17,24,29H,1-3H3,(H,25,27)(H,26,28);5-6,11,16,19H,1-3H3,(H,17,18);1-4H,9H2,(H,10,11);1-4,10H;2*1H4/t17-;11-;;;;/m00..../s1. The average molecular weight is 1060 g/mol. The minimum absolute atomic E-state index is 0. The van der Waals surface area contributed by atoms with Gasteiger partial charge in [-0.15, -0.1) is 5.10 Å². The minimum atomic E-state index is -1.48. The van der Waals surface area contributed by atoms with Gasteiger partial charge < -0.3 is 31.2 Å². The van der Waals surface area contributed by atoms with Crippen LogP contribution in [0, 0.1) is 27.0 Å². The van der Waals surface area contributed by atoms with E-state index < -0.39 is 41.1 Å². The molecule has 5 aromatic carbocycles. The van der Waals surface area contributed by atoms with Crippen molar-refractivity contribution in [2.45, 2.75) is 79.7 Å². The SMILES string of the molecule is C.C.NNC(=O)c1ccc(Cl)cc1.On1nnc2ccccc21.[C-]#[N+]c1ccc(N[C@@H](C(=O)NNC(=O)c2ccc(Cl)cc2)C(C)(C)O)c(C)c1Cl.[C-]#[N+]c1ccc(N[C@@H](C(=O)O)C(C)(C)O)c(C)c1Cl. The maximum absolute atomic E-state index is 12.7. The van der Waals surface area contributed by atoms with Crippen LogP contribution in [-0.4, -0.2) is 82.7 Å². The maximum Gasteiger partial charge on any atom is 0.329 e. The highest BCUT2D eigenvalue weighted by atomic mass is 35.5. The third-order valence-electron chi connectivity index (χ3n) is 9.47. The first-order valence-electron chi connectivity index (χ1n) is 20.0. The van der Waals surface area contributed by atoms with Gasteiger partial charge in [0, 0.05) is 32.5 Å². The summed E-state index contributed by atoms with van der Waals surface area (Å²) in [6.45, 7) is 23.2. The van der Waals surface area contributed by atoms with E-state index in [2.05, 4.69) is 41.5 Å². The molecule has 2 atom stereocenters. The molecule has 0 aliphatic carbocycles. The molecule has 1 heterocycles. The molecule has 0 aliphatic heterocycles. The van der Waals surface area contributed by atoms with Crippen LogP contribution < -0.4 is 32.8 Å². The average Bonchev–Trinajstić information content (AvgIpc) is 3.69. The van der Waals surface area contributed by atoms with E-state index in [1.807, 2.05) is 17.6 Å². The molecule has 0 saturated heterocycles. The number of nitrogen functional groups attached to an aromatic ring is 1. The van der Waals surface area contributed by atoms with Gasteiger partial charge in [0.15, 0.2) is 6.04 Å². The number of hydrogen-bond donors (Lipinski definition) is 10. The molecule has 0 radical (unpaired) electrons. The molecule has 6 aromatic rings. The van der Waals surface area contributed by atoms with Crippen LogP contribution in [0.15, 0.2) is 97.1 Å². The van der Waals surface area contributed by atoms with Crippen LogP contribution in [0.4, 0.5) is 22.7 Å². The first-order valence-corrected chi connectivity index (χ1v) is 21.5. The van der Waals surface area contributed by atoms with Crippen molar-refractivity contribution >= 4 is 104 Å². The van der Waals surface area contributed by atoms with E-state index in [9.17, 15) is 29.4 Å². The second kappa shape index (κ2) is 27.9. The highest BCUT2D eigenvalue weighted by Gasteiger charge is 2.35. The van der Waals surface area contributed by atoms with Gasteiger partial charge in [-0.2, -0.15) is 0 Å². The van der Waals surface area contributed by atoms with Gasteiger partial charge in [-0.05, 0) is 131 Å². The topological polar surface area (TPSA) is 275 Å². The number of nitrogens with two attached hydrogens (primary N) is 1. The van der Waals surface area contributed by atoms with Crippen LogP contribution in [0.2, 0.25) is 20.1 Å². The Bertz CT molecular complexity index is 2860. The number of aliphatic carboxylic acids is 1. The van der Waals surface area contributed by atoms with Gasteiger partial charge in [0.1, 0.15) is 17.1 Å². The fourth-order valence-corrected chi connectivity index (χ4v) is 6.31. The molecule has 0 spiro atoms. The molecule has 3 amide bonds. The zero-order valence-corrected chi connectivity index (χ0v) is 40.7. The van der Waals surface area contributed by atoms with Crippen molar-refractivity contribution in [1.29, 1.82) is 0 Å². The van der Waals surface area contributed by atoms with Crippen molar-refractivity contribution < 1.29 is 39.7 Å². The van der Waals surface area contributed by atoms with E-state index in [0.29, 0.717) is 60.4 Å². The van der Waals surface area contributed by atoms with Crippen molar-refractivity contribution in [3.63, 3.8) is 0 Å². The van der Waals surface area contributed by atoms with Crippen LogP contribution >= 0.6 is 46.4 Å². The highest BCUT2D eigenvalue weighted by molar-refractivity contribution is 6.35. The molecule has 378 valence electrons. The Kier molecular flexibility index (Phi) is 24.2. The van der Waals surface area contributed by atoms with E-state index in [1.54, 1.807) is 74.5 Å². The summed E-state index contributed by atoms with van der Waals surface area (Å²) >= 11 is 23.6. The van der Waals surface area contributed by atoms with Gasteiger partial charge in [-0.25, -0.2) is 20.3 Å². The number of anilines is 2. The van der Waals surface area contributed by atoms with Crippen molar-refractivity contribution in [3.8, 4) is 0 Å². The molecule has 71 heavy (non-hydrogen) atoms. The Morgan fingerprint density at radius 2 is 1.08 bits per heavy atom. The summed E-state index contributed by atoms with van der Waals surface area (Å²) in [4.78, 5) is 54.2. The van der Waals surface area contributed by atoms with Crippen molar-refractivity contribution in [1.82, 2.24) is 31.4 Å². The van der Waals surface area contributed by atoms with Gasteiger partial charge in [0.2, 0.25) is 11.4 Å². The summed E-state index contributed by atoms with van der Waals surface area (Å²) in [6.07, 6.45) is 0. The number of aliphatic hydroxyl groups is 2. The van der Waals surface area contributed by atoms with Crippen LogP contribution in [-0.2, 0) is 9.59 Å². The zero-order chi connectivity index (χ0) is 51.8. The molecule has 0 saturated carbocycles. The fraction of sp³-hybridized carbons (Fsp3) is 0.250. The van der Waals surface area contributed by atoms with Gasteiger partial charge in [-0.1, -0.05) is 90.4 Å². The largest absolute Gasteiger partial charge is 0.480 e. The van der Waals surface area contributed by atoms with E-state index >= 15 is 0 Å². The molecule has 6 rings (SSSR count). The number of amides is 3. The molecule has 0 aliphatic rings. The zero-order valence-electron chi connectivity index (χ0n) is 37.6. The summed E-state index contributed by atoms with van der Waals surface area (Å²) in [5.41, 5.74) is 8.52. The van der Waals surface area contributed by atoms with Crippen molar-refractivity contribution in [2.75, 3.05) is 10.6 Å². The number of carboxylic acids is 1. The van der Waals surface area contributed by atoms with Crippen LogP contribution in [0.3, 0.4) is 0 Å². The number of nitrogens with one attached hydrogen (secondary N) is 5. The normalized spacial score (nSPS) is 11.1. The monoisotopic (exact) mass is 1050 g/mol. The van der Waals surface area contributed by atoms with E-state index in [1.165, 1.54) is 52.0 Å². The number of para-hydroxylation sites is 1. The second-order valence-corrected chi connectivity index (χ2v) is 17.2. The molecule has 0 unspecified atom stereocenters. The number of carboxylic acid groups (broad SMARTS) is 1. The summed E-state index contributed by atoms with van der Waals surface area (Å²) < 4.78 is 0. The Morgan fingerprint density at radius 1 is 0.662 bits per heavy atom. The van der Waals surface area contributed by atoms with Crippen LogP contribution in [0.25, 0.3) is 20.7 Å². The number of fused-ring (bicyclic) bond motifs is 1. The summed E-state index contributed by atoms with van der Waals surface area (Å²) in [5.74, 6) is 2.22. The lowest BCUT2D eigenvalue weighted by Gasteiger charge is -2.30. The molecular weight excluding hydrogens is 1000 g/mol. The molecule has 0 bridgehead atoms. The third-order valence-corrected chi connectivity index (χ3v) is 10.9. The number of carbonyl (C=O) groups excluding carboxylic acids is 3. The molecule has 0 fully saturated rings. The van der Waals surface area contributed by atoms with Gasteiger partial charge in [0.25, 0.3) is 17.7 Å². The fourth-order valence-electron chi connectivity index (χ4n) is 5.65. The second-order valence-electron chi connectivity index (χ2n) is 15.6. The first-order chi connectivity index (χ1) is 32.3. The molecule has 19 nitrogen and oxygen atoms in total. The van der Waals surface area contributed by atoms with E-state index in [-0.39, 0.29) is 36.5 Å². The van der Waals surface area contributed by atoms with E-state index in [4.69, 9.17) is 75.7 Å². The predicted octanol–water partition coefficient (Wildman–Crippen LogP) is 9.58. The lowest BCUT2D eigenvalue weighted by molar-refractivity contribution is -0.142. The number of rotatable bonds is 10. The quantitative estimate of drug-likeness (QED) is 0.0201. The van der Waals surface area contributed by atoms with Gasteiger partial charge >= 0.3 is 5.97 Å². The first kappa shape index (κ1) is 61.8. The summed E-state index contributed by atoms with van der Waals surface area (Å²) in [7, 11) is 0. The molecule has 23 heteroatoms. The number of nitrogens with zero attached hydrogens (tertiary/aromatic N) is 5. The number of benzene rings is 5. The van der Waals surface area contributed by atoms with Crippen LogP contribution in [0.1, 0.15) is 74.4 Å². The Morgan fingerprint density at radius 3 is 1.48 bits per heavy atom. The van der Waals surface area contributed by atoms with Gasteiger partial charge in [0.05, 0.1) is 34.4 Å². The van der Waals surface area contributed by atoms with E-state index in [0.717, 1.165) is 4.85 Å². The molecule has 11 N–H and O–H groups in total. The number of aromatic nitrogens is 3. The highest BCUT2D eigenvalue weighted by Crippen LogP contribution is 2.35. The summed E-state index contributed by atoms with van der Waals surface area (Å²) in [6, 6.07) is 23.7. The smallest absolute Gasteiger partial charge is 0.329 e. The molecular formula is C48H55Cl4N11O8. The Balaban J connectivity index is 0.000000512. The predicted molar refractivity (Wildman–Crippen MR) is 278 cm³/mol. The third kappa shape index (κ3) is 17.9. The van der Waals surface area contributed by atoms with Crippen LogP contribution in [0.5, 0.6) is 0 Å². The maximum atomic E-state index is 12.7. The number of carbonyl (C=O) groups is 4. The lowest BCUT2D eigenvalue weighted by atomic mass is 9.97. The summed E-state index contributed by atoms with van der Waals surface area (Å²) in [5, 5.41) is 52.8.